The van der Waals surface area contributed by atoms with Gasteiger partial charge in [-0.3, -0.25) is 0 Å². The molecule has 5 heterocycles. The van der Waals surface area contributed by atoms with Crippen molar-refractivity contribution in [1.82, 2.24) is 29.5 Å². The number of piperazine rings is 1. The zero-order valence-electron chi connectivity index (χ0n) is 16.4. The minimum Gasteiger partial charge on any atom is -0.356 e. The largest absolute Gasteiger partial charge is 0.356 e. The molecule has 9 nitrogen and oxygen atoms in total. The third kappa shape index (κ3) is 2.90. The molecular weight excluding hydrogens is 354 g/mol. The summed E-state index contributed by atoms with van der Waals surface area (Å²) in [5.74, 6) is 3.63. The van der Waals surface area contributed by atoms with E-state index < -0.39 is 0 Å². The van der Waals surface area contributed by atoms with Crippen LogP contribution in [0.25, 0.3) is 5.78 Å². The van der Waals surface area contributed by atoms with E-state index in [1.165, 1.54) is 12.8 Å². The van der Waals surface area contributed by atoms with Gasteiger partial charge in [-0.25, -0.2) is 9.97 Å². The Bertz CT molecular complexity index is 984. The first-order valence-corrected chi connectivity index (χ1v) is 9.95. The molecule has 2 saturated heterocycles. The van der Waals surface area contributed by atoms with E-state index in [0.29, 0.717) is 5.78 Å². The maximum absolute atomic E-state index is 4.83. The molecule has 3 aromatic heterocycles. The van der Waals surface area contributed by atoms with E-state index in [1.54, 1.807) is 6.33 Å². The van der Waals surface area contributed by atoms with Gasteiger partial charge >= 0.3 is 0 Å². The van der Waals surface area contributed by atoms with Crippen molar-refractivity contribution < 1.29 is 0 Å². The van der Waals surface area contributed by atoms with E-state index in [1.807, 2.05) is 23.7 Å². The summed E-state index contributed by atoms with van der Waals surface area (Å²) < 4.78 is 1.85. The lowest BCUT2D eigenvalue weighted by Crippen LogP contribution is -2.48. The van der Waals surface area contributed by atoms with Crippen LogP contribution in [0.5, 0.6) is 0 Å². The second-order valence-electron chi connectivity index (χ2n) is 7.50. The van der Waals surface area contributed by atoms with Gasteiger partial charge in [-0.15, -0.1) is 0 Å². The quantitative estimate of drug-likeness (QED) is 0.677. The van der Waals surface area contributed by atoms with Gasteiger partial charge in [0.1, 0.15) is 18.0 Å². The van der Waals surface area contributed by atoms with Crippen LogP contribution in [0.1, 0.15) is 24.1 Å². The summed E-state index contributed by atoms with van der Waals surface area (Å²) in [6.45, 7) is 9.85. The first kappa shape index (κ1) is 17.2. The van der Waals surface area contributed by atoms with Crippen molar-refractivity contribution in [3.8, 4) is 0 Å². The Morgan fingerprint density at radius 3 is 2.36 bits per heavy atom. The van der Waals surface area contributed by atoms with Crippen LogP contribution in [0, 0.1) is 13.8 Å². The standard InChI is InChI=1S/C19H25N9/c1-14-15(2)23-19-21-13-22-28(19)17(14)26-9-11-27(12-10-26)18-20-6-5-16(24-18)25-7-3-4-8-25/h5-6,13H,3-4,7-12H2,1-2H3. The molecule has 0 amide bonds. The SMILES string of the molecule is Cc1nc2ncnn2c(N2CCN(c3nccc(N4CCCC4)n3)CC2)c1C. The average Bonchev–Trinajstić information content (AvgIpc) is 3.41. The molecule has 146 valence electrons. The molecule has 28 heavy (non-hydrogen) atoms. The number of hydrogen-bond donors (Lipinski definition) is 0. The van der Waals surface area contributed by atoms with E-state index in [9.17, 15) is 0 Å². The molecular formula is C19H25N9. The van der Waals surface area contributed by atoms with Gasteiger partial charge in [-0.05, 0) is 32.8 Å². The maximum atomic E-state index is 4.83. The average molecular weight is 379 g/mol. The molecule has 0 bridgehead atoms. The molecule has 0 aliphatic carbocycles. The van der Waals surface area contributed by atoms with Gasteiger partial charge in [0, 0.05) is 56.7 Å². The lowest BCUT2D eigenvalue weighted by molar-refractivity contribution is 0.624. The summed E-state index contributed by atoms with van der Waals surface area (Å²) in [7, 11) is 0. The van der Waals surface area contributed by atoms with Crippen LogP contribution in [0.4, 0.5) is 17.6 Å². The molecule has 3 aromatic rings. The van der Waals surface area contributed by atoms with Crippen LogP contribution in [-0.4, -0.2) is 68.8 Å². The molecule has 0 spiro atoms. The van der Waals surface area contributed by atoms with Crippen molar-refractivity contribution in [2.24, 2.45) is 0 Å². The predicted octanol–water partition coefficient (Wildman–Crippen LogP) is 1.46. The zero-order chi connectivity index (χ0) is 19.1. The fraction of sp³-hybridized carbons (Fsp3) is 0.526. The van der Waals surface area contributed by atoms with Gasteiger partial charge < -0.3 is 14.7 Å². The first-order valence-electron chi connectivity index (χ1n) is 9.95. The summed E-state index contributed by atoms with van der Waals surface area (Å²) in [6, 6.07) is 2.02. The van der Waals surface area contributed by atoms with Crippen LogP contribution in [0.2, 0.25) is 0 Å². The van der Waals surface area contributed by atoms with Crippen LogP contribution < -0.4 is 14.7 Å². The summed E-state index contributed by atoms with van der Waals surface area (Å²) in [6.07, 6.45) is 5.95. The highest BCUT2D eigenvalue weighted by atomic mass is 15.4. The molecule has 5 rings (SSSR count). The Balaban J connectivity index is 1.35. The van der Waals surface area contributed by atoms with Gasteiger partial charge in [0.15, 0.2) is 0 Å². The monoisotopic (exact) mass is 379 g/mol. The van der Waals surface area contributed by atoms with Crippen molar-refractivity contribution in [1.29, 1.82) is 0 Å². The minimum absolute atomic E-state index is 0.655. The Morgan fingerprint density at radius 1 is 0.821 bits per heavy atom. The van der Waals surface area contributed by atoms with Crippen molar-refractivity contribution in [2.75, 3.05) is 54.0 Å². The summed E-state index contributed by atoms with van der Waals surface area (Å²) in [4.78, 5) is 25.2. The van der Waals surface area contributed by atoms with E-state index in [0.717, 1.165) is 68.1 Å². The molecule has 0 radical (unpaired) electrons. The van der Waals surface area contributed by atoms with Gasteiger partial charge in [0.05, 0.1) is 0 Å². The Morgan fingerprint density at radius 2 is 1.57 bits per heavy atom. The molecule has 9 heteroatoms. The Labute approximate surface area is 164 Å². The van der Waals surface area contributed by atoms with Gasteiger partial charge in [0.2, 0.25) is 5.95 Å². The van der Waals surface area contributed by atoms with E-state index >= 15 is 0 Å². The molecule has 0 atom stereocenters. The van der Waals surface area contributed by atoms with Gasteiger partial charge in [-0.2, -0.15) is 19.6 Å². The molecule has 0 N–H and O–H groups in total. The minimum atomic E-state index is 0.655. The Hall–Kier alpha value is -2.97. The van der Waals surface area contributed by atoms with Crippen LogP contribution in [-0.2, 0) is 0 Å². The number of nitrogens with zero attached hydrogens (tertiary/aromatic N) is 9. The number of anilines is 3. The van der Waals surface area contributed by atoms with Crippen molar-refractivity contribution in [2.45, 2.75) is 26.7 Å². The van der Waals surface area contributed by atoms with Crippen molar-refractivity contribution in [3.63, 3.8) is 0 Å². The van der Waals surface area contributed by atoms with E-state index in [4.69, 9.17) is 4.98 Å². The number of fused-ring (bicyclic) bond motifs is 1. The van der Waals surface area contributed by atoms with Crippen LogP contribution in [0.15, 0.2) is 18.6 Å². The second kappa shape index (κ2) is 6.88. The van der Waals surface area contributed by atoms with Crippen LogP contribution >= 0.6 is 0 Å². The normalized spacial score (nSPS) is 17.7. The summed E-state index contributed by atoms with van der Waals surface area (Å²) in [5.41, 5.74) is 2.15. The fourth-order valence-corrected chi connectivity index (χ4v) is 4.12. The second-order valence-corrected chi connectivity index (χ2v) is 7.50. The summed E-state index contributed by atoms with van der Waals surface area (Å²) >= 11 is 0. The molecule has 2 aliphatic heterocycles. The topological polar surface area (TPSA) is 78.6 Å². The number of hydrogen-bond acceptors (Lipinski definition) is 8. The zero-order valence-corrected chi connectivity index (χ0v) is 16.4. The molecule has 0 unspecified atom stereocenters. The molecule has 0 saturated carbocycles. The highest BCUT2D eigenvalue weighted by Crippen LogP contribution is 2.25. The van der Waals surface area contributed by atoms with Crippen LogP contribution in [0.3, 0.4) is 0 Å². The molecule has 0 aromatic carbocycles. The first-order chi connectivity index (χ1) is 13.7. The van der Waals surface area contributed by atoms with Gasteiger partial charge in [0.25, 0.3) is 5.78 Å². The van der Waals surface area contributed by atoms with E-state index in [2.05, 4.69) is 41.7 Å². The smallest absolute Gasteiger partial charge is 0.254 e. The molecule has 2 aliphatic rings. The van der Waals surface area contributed by atoms with E-state index in [-0.39, 0.29) is 0 Å². The molecule has 2 fully saturated rings. The third-order valence-electron chi connectivity index (χ3n) is 5.80. The highest BCUT2D eigenvalue weighted by molar-refractivity contribution is 5.55. The van der Waals surface area contributed by atoms with Crippen molar-refractivity contribution in [3.05, 3.63) is 29.8 Å². The third-order valence-corrected chi connectivity index (χ3v) is 5.80. The van der Waals surface area contributed by atoms with Crippen molar-refractivity contribution >= 4 is 23.4 Å². The number of rotatable bonds is 3. The highest BCUT2D eigenvalue weighted by Gasteiger charge is 2.24. The maximum Gasteiger partial charge on any atom is 0.254 e. The lowest BCUT2D eigenvalue weighted by Gasteiger charge is -2.36. The predicted molar refractivity (Wildman–Crippen MR) is 108 cm³/mol. The summed E-state index contributed by atoms with van der Waals surface area (Å²) in [5, 5.41) is 4.39. The number of aromatic nitrogens is 6. The lowest BCUT2D eigenvalue weighted by atomic mass is 10.2. The van der Waals surface area contributed by atoms with Gasteiger partial charge in [-0.1, -0.05) is 0 Å². The Kier molecular flexibility index (Phi) is 4.22. The fourth-order valence-electron chi connectivity index (χ4n) is 4.12. The number of aryl methyl sites for hydroxylation is 1.